The highest BCUT2D eigenvalue weighted by Gasteiger charge is 2.45. The SMILES string of the molecule is NC1(C(O)N2CCN(C(=O)c3ccc(-c4cc(Cl)ccc4F)cc3)CC2)COC1. The lowest BCUT2D eigenvalue weighted by Crippen LogP contribution is -2.71. The molecule has 0 saturated carbocycles. The van der Waals surface area contributed by atoms with Crippen LogP contribution in [0.15, 0.2) is 42.5 Å². The predicted octanol–water partition coefficient (Wildman–Crippen LogP) is 1.95. The Morgan fingerprint density at radius 2 is 1.79 bits per heavy atom. The standard InChI is InChI=1S/C21H23ClFN3O3/c22-16-5-6-18(23)17(11-16)14-1-3-15(4-2-14)19(27)25-7-9-26(10-8-25)20(28)21(24)12-29-13-21/h1-6,11,20,28H,7-10,12-13,24H2. The summed E-state index contributed by atoms with van der Waals surface area (Å²) in [5.41, 5.74) is 6.98. The third-order valence-corrected chi connectivity index (χ3v) is 5.81. The molecule has 1 atom stereocenters. The molecule has 2 aliphatic heterocycles. The summed E-state index contributed by atoms with van der Waals surface area (Å²) in [6.45, 7) is 2.75. The Morgan fingerprint density at radius 1 is 1.14 bits per heavy atom. The van der Waals surface area contributed by atoms with E-state index in [1.807, 2.05) is 4.90 Å². The van der Waals surface area contributed by atoms with Crippen molar-refractivity contribution in [2.75, 3.05) is 39.4 Å². The van der Waals surface area contributed by atoms with E-state index in [2.05, 4.69) is 0 Å². The van der Waals surface area contributed by atoms with E-state index < -0.39 is 11.8 Å². The van der Waals surface area contributed by atoms with Gasteiger partial charge in [0, 0.05) is 42.3 Å². The number of ether oxygens (including phenoxy) is 1. The number of benzene rings is 2. The Hall–Kier alpha value is -2.03. The van der Waals surface area contributed by atoms with Crippen LogP contribution in [0.2, 0.25) is 5.02 Å². The van der Waals surface area contributed by atoms with Crippen LogP contribution in [0.1, 0.15) is 10.4 Å². The van der Waals surface area contributed by atoms with E-state index in [1.165, 1.54) is 12.1 Å². The third-order valence-electron chi connectivity index (χ3n) is 5.57. The normalized spacial score (nSPS) is 20.2. The second kappa shape index (κ2) is 8.01. The van der Waals surface area contributed by atoms with Crippen LogP contribution in [0.4, 0.5) is 4.39 Å². The molecule has 0 radical (unpaired) electrons. The number of halogens is 2. The van der Waals surface area contributed by atoms with Crippen LogP contribution in [-0.4, -0.2) is 72.0 Å². The summed E-state index contributed by atoms with van der Waals surface area (Å²) in [6.07, 6.45) is -0.777. The first-order chi connectivity index (χ1) is 13.9. The molecule has 3 N–H and O–H groups in total. The van der Waals surface area contributed by atoms with Crippen molar-refractivity contribution < 1.29 is 19.0 Å². The van der Waals surface area contributed by atoms with Gasteiger partial charge < -0.3 is 20.5 Å². The van der Waals surface area contributed by atoms with Gasteiger partial charge in [-0.25, -0.2) is 4.39 Å². The summed E-state index contributed by atoms with van der Waals surface area (Å²) in [4.78, 5) is 16.4. The minimum atomic E-state index is -0.777. The summed E-state index contributed by atoms with van der Waals surface area (Å²) >= 11 is 5.96. The van der Waals surface area contributed by atoms with Crippen molar-refractivity contribution in [2.24, 2.45) is 5.73 Å². The van der Waals surface area contributed by atoms with E-state index >= 15 is 0 Å². The minimum Gasteiger partial charge on any atom is -0.377 e. The zero-order chi connectivity index (χ0) is 20.6. The van der Waals surface area contributed by atoms with Gasteiger partial charge in [0.15, 0.2) is 0 Å². The van der Waals surface area contributed by atoms with Crippen molar-refractivity contribution in [1.82, 2.24) is 9.80 Å². The third kappa shape index (κ3) is 4.01. The Bertz CT molecular complexity index is 897. The molecule has 2 aromatic rings. The summed E-state index contributed by atoms with van der Waals surface area (Å²) in [6, 6.07) is 11.2. The van der Waals surface area contributed by atoms with Gasteiger partial charge in [0.2, 0.25) is 0 Å². The Labute approximate surface area is 173 Å². The number of rotatable bonds is 4. The van der Waals surface area contributed by atoms with Gasteiger partial charge in [0.25, 0.3) is 5.91 Å². The maximum atomic E-state index is 14.0. The lowest BCUT2D eigenvalue weighted by atomic mass is 9.95. The zero-order valence-electron chi connectivity index (χ0n) is 15.9. The molecule has 0 bridgehead atoms. The molecule has 2 fully saturated rings. The van der Waals surface area contributed by atoms with Gasteiger partial charge in [-0.1, -0.05) is 23.7 Å². The first-order valence-electron chi connectivity index (χ1n) is 9.51. The molecule has 2 aromatic carbocycles. The van der Waals surface area contributed by atoms with Crippen molar-refractivity contribution in [1.29, 1.82) is 0 Å². The summed E-state index contributed by atoms with van der Waals surface area (Å²) in [5, 5.41) is 10.9. The molecule has 4 rings (SSSR count). The number of hydrogen-bond acceptors (Lipinski definition) is 5. The van der Waals surface area contributed by atoms with E-state index in [1.54, 1.807) is 35.2 Å². The molecule has 2 heterocycles. The second-order valence-electron chi connectivity index (χ2n) is 7.63. The van der Waals surface area contributed by atoms with Crippen LogP contribution in [0.25, 0.3) is 11.1 Å². The molecule has 0 aromatic heterocycles. The Morgan fingerprint density at radius 3 is 2.38 bits per heavy atom. The molecule has 154 valence electrons. The number of amides is 1. The van der Waals surface area contributed by atoms with Gasteiger partial charge in [0.1, 0.15) is 17.6 Å². The van der Waals surface area contributed by atoms with Crippen LogP contribution in [0.3, 0.4) is 0 Å². The van der Waals surface area contributed by atoms with Crippen LogP contribution in [0.5, 0.6) is 0 Å². The molecule has 1 amide bonds. The van der Waals surface area contributed by atoms with Crippen molar-refractivity contribution in [3.63, 3.8) is 0 Å². The van der Waals surface area contributed by atoms with E-state index in [4.69, 9.17) is 22.1 Å². The topological polar surface area (TPSA) is 79.0 Å². The molecular weight excluding hydrogens is 397 g/mol. The van der Waals surface area contributed by atoms with Crippen molar-refractivity contribution in [3.8, 4) is 11.1 Å². The number of hydrogen-bond donors (Lipinski definition) is 2. The Balaban J connectivity index is 1.39. The fraction of sp³-hybridized carbons (Fsp3) is 0.381. The van der Waals surface area contributed by atoms with Gasteiger partial charge >= 0.3 is 0 Å². The second-order valence-corrected chi connectivity index (χ2v) is 8.07. The maximum Gasteiger partial charge on any atom is 0.253 e. The highest BCUT2D eigenvalue weighted by Crippen LogP contribution is 2.27. The van der Waals surface area contributed by atoms with Crippen LogP contribution >= 0.6 is 11.6 Å². The van der Waals surface area contributed by atoms with Gasteiger partial charge in [-0.05, 0) is 35.9 Å². The number of carbonyl (C=O) groups excluding carboxylic acids is 1. The predicted molar refractivity (Wildman–Crippen MR) is 108 cm³/mol. The maximum absolute atomic E-state index is 14.0. The van der Waals surface area contributed by atoms with E-state index in [9.17, 15) is 14.3 Å². The highest BCUT2D eigenvalue weighted by molar-refractivity contribution is 6.30. The molecule has 29 heavy (non-hydrogen) atoms. The molecular formula is C21H23ClFN3O3. The number of aliphatic hydroxyl groups is 1. The fourth-order valence-electron chi connectivity index (χ4n) is 3.71. The molecule has 0 spiro atoms. The van der Waals surface area contributed by atoms with Crippen LogP contribution < -0.4 is 5.73 Å². The lowest BCUT2D eigenvalue weighted by Gasteiger charge is -2.47. The van der Waals surface area contributed by atoms with E-state index in [0.717, 1.165) is 0 Å². The number of nitrogens with zero attached hydrogens (tertiary/aromatic N) is 2. The van der Waals surface area contributed by atoms with Crippen molar-refractivity contribution in [2.45, 2.75) is 11.8 Å². The average Bonchev–Trinajstić information content (AvgIpc) is 2.73. The first kappa shape index (κ1) is 20.3. The quantitative estimate of drug-likeness (QED) is 0.792. The summed E-state index contributed by atoms with van der Waals surface area (Å²) in [5.74, 6) is -0.454. The van der Waals surface area contributed by atoms with E-state index in [0.29, 0.717) is 61.1 Å². The van der Waals surface area contributed by atoms with Crippen LogP contribution in [-0.2, 0) is 4.74 Å². The average molecular weight is 420 g/mol. The summed E-state index contributed by atoms with van der Waals surface area (Å²) < 4.78 is 19.2. The molecule has 0 aliphatic carbocycles. The number of aliphatic hydroxyl groups excluding tert-OH is 1. The molecule has 1 unspecified atom stereocenters. The molecule has 8 heteroatoms. The smallest absolute Gasteiger partial charge is 0.253 e. The lowest BCUT2D eigenvalue weighted by molar-refractivity contribution is -0.166. The van der Waals surface area contributed by atoms with Crippen molar-refractivity contribution in [3.05, 3.63) is 58.9 Å². The van der Waals surface area contributed by atoms with Gasteiger partial charge in [-0.15, -0.1) is 0 Å². The van der Waals surface area contributed by atoms with Gasteiger partial charge in [0.05, 0.1) is 13.2 Å². The molecule has 6 nitrogen and oxygen atoms in total. The monoisotopic (exact) mass is 419 g/mol. The number of piperazine rings is 1. The fourth-order valence-corrected chi connectivity index (χ4v) is 3.89. The number of nitrogens with two attached hydrogens (primary N) is 1. The number of carbonyl (C=O) groups is 1. The zero-order valence-corrected chi connectivity index (χ0v) is 16.6. The summed E-state index contributed by atoms with van der Waals surface area (Å²) in [7, 11) is 0. The van der Waals surface area contributed by atoms with Gasteiger partial charge in [-0.2, -0.15) is 0 Å². The Kier molecular flexibility index (Phi) is 5.59. The van der Waals surface area contributed by atoms with Crippen molar-refractivity contribution >= 4 is 17.5 Å². The van der Waals surface area contributed by atoms with Gasteiger partial charge in [-0.3, -0.25) is 9.69 Å². The largest absolute Gasteiger partial charge is 0.377 e. The first-order valence-corrected chi connectivity index (χ1v) is 9.89. The minimum absolute atomic E-state index is 0.0910. The molecule has 2 saturated heterocycles. The molecule has 2 aliphatic rings. The highest BCUT2D eigenvalue weighted by atomic mass is 35.5. The van der Waals surface area contributed by atoms with E-state index in [-0.39, 0.29) is 11.7 Å². The van der Waals surface area contributed by atoms with Crippen LogP contribution in [0, 0.1) is 5.82 Å².